The number of hydrogen-bond acceptors (Lipinski definition) is 2. The molecular weight excluding hydrogens is 212 g/mol. The standard InChI is InChI=1S/C15H18O2/c1-3-15(16)10-8-13(9-11-15)12-4-6-14(17-2)7-5-12/h1,4-7,13,16H,8-11H2,2H3. The second kappa shape index (κ2) is 4.81. The van der Waals surface area contributed by atoms with E-state index in [1.54, 1.807) is 7.11 Å². The third-order valence-corrected chi connectivity index (χ3v) is 3.67. The van der Waals surface area contributed by atoms with Crippen LogP contribution in [0.5, 0.6) is 5.75 Å². The fraction of sp³-hybridized carbons (Fsp3) is 0.467. The normalized spacial score (nSPS) is 28.4. The summed E-state index contributed by atoms with van der Waals surface area (Å²) in [6, 6.07) is 8.17. The molecule has 1 aromatic rings. The van der Waals surface area contributed by atoms with Crippen LogP contribution in [0.25, 0.3) is 0 Å². The molecule has 2 rings (SSSR count). The Morgan fingerprint density at radius 3 is 2.35 bits per heavy atom. The van der Waals surface area contributed by atoms with Crippen molar-refractivity contribution >= 4 is 0 Å². The smallest absolute Gasteiger partial charge is 0.125 e. The first-order valence-electron chi connectivity index (χ1n) is 6.01. The lowest BCUT2D eigenvalue weighted by atomic mass is 9.76. The summed E-state index contributed by atoms with van der Waals surface area (Å²) >= 11 is 0. The molecule has 1 aliphatic carbocycles. The SMILES string of the molecule is C#CC1(O)CCC(c2ccc(OC)cc2)CC1. The third-order valence-electron chi connectivity index (χ3n) is 3.67. The molecule has 90 valence electrons. The number of rotatable bonds is 2. The number of terminal acetylenes is 1. The lowest BCUT2D eigenvalue weighted by molar-refractivity contribution is 0.0550. The van der Waals surface area contributed by atoms with Gasteiger partial charge in [0, 0.05) is 0 Å². The molecule has 0 spiro atoms. The molecule has 1 saturated carbocycles. The molecule has 2 nitrogen and oxygen atoms in total. The van der Waals surface area contributed by atoms with Crippen LogP contribution in [-0.4, -0.2) is 17.8 Å². The van der Waals surface area contributed by atoms with Gasteiger partial charge >= 0.3 is 0 Å². The maximum Gasteiger partial charge on any atom is 0.125 e. The summed E-state index contributed by atoms with van der Waals surface area (Å²) in [5.74, 6) is 3.89. The molecule has 1 aliphatic rings. The van der Waals surface area contributed by atoms with E-state index in [0.717, 1.165) is 18.6 Å². The van der Waals surface area contributed by atoms with Gasteiger partial charge < -0.3 is 9.84 Å². The van der Waals surface area contributed by atoms with Gasteiger partial charge in [0.25, 0.3) is 0 Å². The summed E-state index contributed by atoms with van der Waals surface area (Å²) in [4.78, 5) is 0. The van der Waals surface area contributed by atoms with E-state index in [2.05, 4.69) is 18.1 Å². The van der Waals surface area contributed by atoms with Crippen molar-refractivity contribution in [1.82, 2.24) is 0 Å². The first-order chi connectivity index (χ1) is 8.17. The van der Waals surface area contributed by atoms with Crippen LogP contribution in [0.15, 0.2) is 24.3 Å². The van der Waals surface area contributed by atoms with Crippen LogP contribution in [0.3, 0.4) is 0 Å². The van der Waals surface area contributed by atoms with E-state index in [9.17, 15) is 5.11 Å². The highest BCUT2D eigenvalue weighted by Gasteiger charge is 2.31. The second-order valence-corrected chi connectivity index (χ2v) is 4.72. The van der Waals surface area contributed by atoms with Crippen LogP contribution >= 0.6 is 0 Å². The number of methoxy groups -OCH3 is 1. The first kappa shape index (κ1) is 12.0. The van der Waals surface area contributed by atoms with Gasteiger partial charge in [-0.3, -0.25) is 0 Å². The minimum absolute atomic E-state index is 0.509. The molecule has 0 amide bonds. The molecule has 1 aromatic carbocycles. The molecule has 0 aromatic heterocycles. The van der Waals surface area contributed by atoms with Crippen molar-refractivity contribution in [3.63, 3.8) is 0 Å². The Morgan fingerprint density at radius 2 is 1.88 bits per heavy atom. The van der Waals surface area contributed by atoms with Gasteiger partial charge in [0.1, 0.15) is 11.4 Å². The van der Waals surface area contributed by atoms with E-state index < -0.39 is 5.60 Å². The van der Waals surface area contributed by atoms with Gasteiger partial charge in [-0.15, -0.1) is 6.42 Å². The van der Waals surface area contributed by atoms with Crippen molar-refractivity contribution in [3.05, 3.63) is 29.8 Å². The highest BCUT2D eigenvalue weighted by molar-refractivity contribution is 5.30. The molecule has 0 unspecified atom stereocenters. The van der Waals surface area contributed by atoms with Crippen molar-refractivity contribution in [3.8, 4) is 18.1 Å². The molecule has 0 bridgehead atoms. The van der Waals surface area contributed by atoms with Gasteiger partial charge in [0.15, 0.2) is 0 Å². The third kappa shape index (κ3) is 2.62. The van der Waals surface area contributed by atoms with E-state index >= 15 is 0 Å². The molecule has 0 saturated heterocycles. The summed E-state index contributed by atoms with van der Waals surface area (Å²) in [6.45, 7) is 0. The first-order valence-corrected chi connectivity index (χ1v) is 6.01. The van der Waals surface area contributed by atoms with E-state index in [-0.39, 0.29) is 0 Å². The zero-order chi connectivity index (χ0) is 12.3. The van der Waals surface area contributed by atoms with Crippen LogP contribution in [0.2, 0.25) is 0 Å². The van der Waals surface area contributed by atoms with Crippen molar-refractivity contribution in [1.29, 1.82) is 0 Å². The molecule has 1 fully saturated rings. The van der Waals surface area contributed by atoms with Gasteiger partial charge in [-0.05, 0) is 49.3 Å². The summed E-state index contributed by atoms with van der Waals surface area (Å²) in [6.07, 6.45) is 8.64. The Labute approximate surface area is 103 Å². The van der Waals surface area contributed by atoms with Crippen LogP contribution in [0.1, 0.15) is 37.2 Å². The maximum absolute atomic E-state index is 9.97. The highest BCUT2D eigenvalue weighted by atomic mass is 16.5. The quantitative estimate of drug-likeness (QED) is 0.792. The molecule has 1 N–H and O–H groups in total. The minimum atomic E-state index is -0.872. The predicted octanol–water partition coefficient (Wildman–Crippen LogP) is 2.72. The topological polar surface area (TPSA) is 29.5 Å². The number of aliphatic hydroxyl groups is 1. The Bertz CT molecular complexity index is 406. The summed E-state index contributed by atoms with van der Waals surface area (Å²) in [5, 5.41) is 9.97. The van der Waals surface area contributed by atoms with Crippen molar-refractivity contribution in [2.75, 3.05) is 7.11 Å². The van der Waals surface area contributed by atoms with Gasteiger partial charge in [0.05, 0.1) is 7.11 Å². The van der Waals surface area contributed by atoms with E-state index in [1.165, 1.54) is 5.56 Å². The second-order valence-electron chi connectivity index (χ2n) is 4.72. The Balaban J connectivity index is 2.03. The average Bonchev–Trinajstić information content (AvgIpc) is 2.40. The van der Waals surface area contributed by atoms with Gasteiger partial charge in [-0.1, -0.05) is 18.1 Å². The van der Waals surface area contributed by atoms with Crippen molar-refractivity contribution in [2.24, 2.45) is 0 Å². The summed E-state index contributed by atoms with van der Waals surface area (Å²) < 4.78 is 5.14. The summed E-state index contributed by atoms with van der Waals surface area (Å²) in [5.41, 5.74) is 0.438. The predicted molar refractivity (Wildman–Crippen MR) is 68.0 cm³/mol. The zero-order valence-corrected chi connectivity index (χ0v) is 10.1. The van der Waals surface area contributed by atoms with Crippen LogP contribution in [0.4, 0.5) is 0 Å². The van der Waals surface area contributed by atoms with Crippen molar-refractivity contribution in [2.45, 2.75) is 37.2 Å². The van der Waals surface area contributed by atoms with Crippen LogP contribution in [-0.2, 0) is 0 Å². The number of benzene rings is 1. The minimum Gasteiger partial charge on any atom is -0.497 e. The lowest BCUT2D eigenvalue weighted by Crippen LogP contribution is -2.31. The van der Waals surface area contributed by atoms with E-state index in [1.807, 2.05) is 12.1 Å². The fourth-order valence-corrected chi connectivity index (χ4v) is 2.45. The molecule has 2 heteroatoms. The van der Waals surface area contributed by atoms with Crippen molar-refractivity contribution < 1.29 is 9.84 Å². The van der Waals surface area contributed by atoms with Crippen LogP contribution < -0.4 is 4.74 Å². The summed E-state index contributed by atoms with van der Waals surface area (Å²) in [7, 11) is 1.67. The van der Waals surface area contributed by atoms with Crippen LogP contribution in [0, 0.1) is 12.3 Å². The van der Waals surface area contributed by atoms with Gasteiger partial charge in [0.2, 0.25) is 0 Å². The largest absolute Gasteiger partial charge is 0.497 e. The Kier molecular flexibility index (Phi) is 3.40. The van der Waals surface area contributed by atoms with E-state index in [0.29, 0.717) is 18.8 Å². The lowest BCUT2D eigenvalue weighted by Gasteiger charge is -2.32. The molecule has 0 radical (unpaired) electrons. The molecule has 0 atom stereocenters. The molecular formula is C15H18O2. The molecule has 17 heavy (non-hydrogen) atoms. The Hall–Kier alpha value is -1.46. The fourth-order valence-electron chi connectivity index (χ4n) is 2.45. The van der Waals surface area contributed by atoms with Gasteiger partial charge in [-0.25, -0.2) is 0 Å². The highest BCUT2D eigenvalue weighted by Crippen LogP contribution is 2.37. The average molecular weight is 230 g/mol. The Morgan fingerprint density at radius 1 is 1.29 bits per heavy atom. The zero-order valence-electron chi connectivity index (χ0n) is 10.1. The molecule has 0 aliphatic heterocycles. The number of hydrogen-bond donors (Lipinski definition) is 1. The maximum atomic E-state index is 9.97. The van der Waals surface area contributed by atoms with Gasteiger partial charge in [-0.2, -0.15) is 0 Å². The molecule has 0 heterocycles. The monoisotopic (exact) mass is 230 g/mol. The number of ether oxygens (including phenoxy) is 1. The van der Waals surface area contributed by atoms with E-state index in [4.69, 9.17) is 11.2 Å².